The number of rotatable bonds is 7. The largest absolute Gasteiger partial charge is 0.489 e. The molecule has 1 aromatic heterocycles. The van der Waals surface area contributed by atoms with Crippen LogP contribution in [0, 0.1) is 0 Å². The number of nitrogens with zero attached hydrogens (tertiary/aromatic N) is 2. The zero-order valence-corrected chi connectivity index (χ0v) is 23.3. The van der Waals surface area contributed by atoms with Gasteiger partial charge >= 0.3 is 5.97 Å². The standard InChI is InChI=1S/C30H25BrN2O4S/c1-4-15-37-24-14-13-21(31)16-20(24)17-25-28(34)33-27(23-12-8-10-19-9-6-7-11-22(19)23)26(29(35)36-5-2)18(3)32-30(33)38-25/h4,6-14,16-17,27H,1,5,15H2,2-3H3/b25-17+/t27-/m1/s1. The van der Waals surface area contributed by atoms with E-state index in [-0.39, 0.29) is 12.2 Å². The molecule has 1 aliphatic heterocycles. The molecule has 6 nitrogen and oxygen atoms in total. The van der Waals surface area contributed by atoms with E-state index in [1.807, 2.05) is 60.7 Å². The van der Waals surface area contributed by atoms with E-state index in [4.69, 9.17) is 9.47 Å². The highest BCUT2D eigenvalue weighted by molar-refractivity contribution is 9.10. The highest BCUT2D eigenvalue weighted by Gasteiger charge is 2.34. The van der Waals surface area contributed by atoms with Crippen molar-refractivity contribution in [2.75, 3.05) is 13.2 Å². The van der Waals surface area contributed by atoms with Gasteiger partial charge in [-0.2, -0.15) is 0 Å². The van der Waals surface area contributed by atoms with Crippen molar-refractivity contribution in [2.45, 2.75) is 19.9 Å². The lowest BCUT2D eigenvalue weighted by molar-refractivity contribution is -0.139. The van der Waals surface area contributed by atoms with Crippen molar-refractivity contribution in [2.24, 2.45) is 4.99 Å². The van der Waals surface area contributed by atoms with Crippen LogP contribution >= 0.6 is 27.3 Å². The molecule has 0 amide bonds. The number of benzene rings is 3. The number of aromatic nitrogens is 1. The summed E-state index contributed by atoms with van der Waals surface area (Å²) in [5.74, 6) is 0.154. The quantitative estimate of drug-likeness (QED) is 0.217. The van der Waals surface area contributed by atoms with Gasteiger partial charge in [0, 0.05) is 10.0 Å². The fourth-order valence-corrected chi connectivity index (χ4v) is 6.04. The molecular formula is C30H25BrN2O4S. The minimum atomic E-state index is -0.683. The van der Waals surface area contributed by atoms with Crippen LogP contribution in [0.2, 0.25) is 0 Å². The maximum absolute atomic E-state index is 14.0. The smallest absolute Gasteiger partial charge is 0.338 e. The molecule has 8 heteroatoms. The number of hydrogen-bond donors (Lipinski definition) is 0. The van der Waals surface area contributed by atoms with Gasteiger partial charge in [-0.15, -0.1) is 0 Å². The summed E-state index contributed by atoms with van der Waals surface area (Å²) in [6.07, 6.45) is 3.47. The first-order valence-electron chi connectivity index (χ1n) is 12.1. The van der Waals surface area contributed by atoms with E-state index in [1.54, 1.807) is 30.6 Å². The number of hydrogen-bond acceptors (Lipinski definition) is 6. The molecule has 2 heterocycles. The monoisotopic (exact) mass is 588 g/mol. The van der Waals surface area contributed by atoms with E-state index < -0.39 is 12.0 Å². The van der Waals surface area contributed by atoms with Crippen molar-refractivity contribution >= 4 is 50.1 Å². The zero-order chi connectivity index (χ0) is 26.8. The molecular weight excluding hydrogens is 564 g/mol. The first-order valence-corrected chi connectivity index (χ1v) is 13.7. The summed E-state index contributed by atoms with van der Waals surface area (Å²) in [5, 5.41) is 1.97. The number of allylic oxidation sites excluding steroid dienone is 1. The van der Waals surface area contributed by atoms with Crippen molar-refractivity contribution in [1.82, 2.24) is 4.57 Å². The van der Waals surface area contributed by atoms with Gasteiger partial charge in [0.1, 0.15) is 12.4 Å². The molecule has 0 aliphatic carbocycles. The molecule has 38 heavy (non-hydrogen) atoms. The van der Waals surface area contributed by atoms with Gasteiger partial charge in [0.05, 0.1) is 28.5 Å². The number of carbonyl (C=O) groups excluding carboxylic acids is 1. The van der Waals surface area contributed by atoms with Crippen LogP contribution in [-0.4, -0.2) is 23.8 Å². The van der Waals surface area contributed by atoms with Gasteiger partial charge in [0.15, 0.2) is 4.80 Å². The van der Waals surface area contributed by atoms with E-state index in [2.05, 4.69) is 27.5 Å². The van der Waals surface area contributed by atoms with Crippen LogP contribution in [0.4, 0.5) is 0 Å². The molecule has 0 unspecified atom stereocenters. The summed E-state index contributed by atoms with van der Waals surface area (Å²) in [7, 11) is 0. The Labute approximate surface area is 232 Å². The maximum atomic E-state index is 14.0. The molecule has 0 N–H and O–H groups in total. The first kappa shape index (κ1) is 25.9. The SMILES string of the molecule is C=CCOc1ccc(Br)cc1/C=c1/sc2n(c1=O)[C@H](c1cccc3ccccc13)C(C(=O)OCC)=C(C)N=2. The Morgan fingerprint density at radius 3 is 2.76 bits per heavy atom. The van der Waals surface area contributed by atoms with E-state index in [1.165, 1.54) is 11.3 Å². The predicted molar refractivity (Wildman–Crippen MR) is 154 cm³/mol. The van der Waals surface area contributed by atoms with Crippen LogP contribution in [-0.2, 0) is 9.53 Å². The number of halogens is 1. The summed E-state index contributed by atoms with van der Waals surface area (Å²) >= 11 is 4.79. The average molecular weight is 590 g/mol. The molecule has 5 rings (SSSR count). The zero-order valence-electron chi connectivity index (χ0n) is 20.9. The maximum Gasteiger partial charge on any atom is 0.338 e. The summed E-state index contributed by atoms with van der Waals surface area (Å²) in [5.41, 5.74) is 2.24. The number of carbonyl (C=O) groups is 1. The molecule has 192 valence electrons. The second-order valence-corrected chi connectivity index (χ2v) is 10.6. The minimum Gasteiger partial charge on any atom is -0.489 e. The highest BCUT2D eigenvalue weighted by Crippen LogP contribution is 2.35. The third-order valence-electron chi connectivity index (χ3n) is 6.25. The fraction of sp³-hybridized carbons (Fsp3) is 0.167. The summed E-state index contributed by atoms with van der Waals surface area (Å²) < 4.78 is 14.2. The van der Waals surface area contributed by atoms with Gasteiger partial charge < -0.3 is 9.47 Å². The lowest BCUT2D eigenvalue weighted by Crippen LogP contribution is -2.40. The molecule has 0 saturated heterocycles. The number of ether oxygens (including phenoxy) is 2. The lowest BCUT2D eigenvalue weighted by Gasteiger charge is -2.25. The van der Waals surface area contributed by atoms with Gasteiger partial charge in [0.2, 0.25) is 0 Å². The molecule has 1 atom stereocenters. The van der Waals surface area contributed by atoms with Gasteiger partial charge in [0.25, 0.3) is 5.56 Å². The van der Waals surface area contributed by atoms with E-state index in [9.17, 15) is 9.59 Å². The van der Waals surface area contributed by atoms with E-state index in [0.717, 1.165) is 26.4 Å². The summed E-state index contributed by atoms with van der Waals surface area (Å²) in [4.78, 5) is 32.5. The van der Waals surface area contributed by atoms with Gasteiger partial charge in [-0.05, 0) is 54.5 Å². The van der Waals surface area contributed by atoms with Crippen molar-refractivity contribution in [1.29, 1.82) is 0 Å². The van der Waals surface area contributed by atoms with Crippen LogP contribution < -0.4 is 19.6 Å². The average Bonchev–Trinajstić information content (AvgIpc) is 3.21. The Bertz CT molecular complexity index is 1780. The summed E-state index contributed by atoms with van der Waals surface area (Å²) in [6.45, 7) is 7.83. The number of thiazole rings is 1. The molecule has 4 aromatic rings. The number of fused-ring (bicyclic) bond motifs is 2. The molecule has 0 fully saturated rings. The molecule has 0 saturated carbocycles. The Kier molecular flexibility index (Phi) is 7.44. The van der Waals surface area contributed by atoms with Crippen molar-refractivity contribution in [3.05, 3.63) is 120 Å². The minimum absolute atomic E-state index is 0.221. The van der Waals surface area contributed by atoms with Crippen LogP contribution in [0.1, 0.15) is 31.0 Å². The third kappa shape index (κ3) is 4.77. The molecule has 3 aromatic carbocycles. The second-order valence-electron chi connectivity index (χ2n) is 8.65. The molecule has 1 aliphatic rings. The topological polar surface area (TPSA) is 69.9 Å². The second kappa shape index (κ2) is 10.9. The Morgan fingerprint density at radius 1 is 1.18 bits per heavy atom. The third-order valence-corrected chi connectivity index (χ3v) is 7.73. The van der Waals surface area contributed by atoms with E-state index in [0.29, 0.717) is 33.0 Å². The summed E-state index contributed by atoms with van der Waals surface area (Å²) in [6, 6.07) is 18.8. The predicted octanol–water partition coefficient (Wildman–Crippen LogP) is 5.28. The molecule has 0 radical (unpaired) electrons. The molecule has 0 spiro atoms. The Hall–Kier alpha value is -3.75. The normalized spacial score (nSPS) is 15.2. The fourth-order valence-electron chi connectivity index (χ4n) is 4.63. The lowest BCUT2D eigenvalue weighted by atomic mass is 9.91. The van der Waals surface area contributed by atoms with Gasteiger partial charge in [-0.1, -0.05) is 82.4 Å². The van der Waals surface area contributed by atoms with Crippen LogP contribution in [0.15, 0.2) is 98.8 Å². The first-order chi connectivity index (χ1) is 18.4. The van der Waals surface area contributed by atoms with Crippen molar-refractivity contribution in [3.8, 4) is 5.75 Å². The molecule has 0 bridgehead atoms. The van der Waals surface area contributed by atoms with E-state index >= 15 is 0 Å². The number of esters is 1. The van der Waals surface area contributed by atoms with Crippen molar-refractivity contribution in [3.63, 3.8) is 0 Å². The highest BCUT2D eigenvalue weighted by atomic mass is 79.9. The Morgan fingerprint density at radius 2 is 1.97 bits per heavy atom. The van der Waals surface area contributed by atoms with Crippen LogP contribution in [0.3, 0.4) is 0 Å². The van der Waals surface area contributed by atoms with Crippen LogP contribution in [0.25, 0.3) is 16.8 Å². The van der Waals surface area contributed by atoms with Crippen LogP contribution in [0.5, 0.6) is 5.75 Å². The van der Waals surface area contributed by atoms with Gasteiger partial charge in [-0.3, -0.25) is 9.36 Å². The Balaban J connectivity index is 1.77. The van der Waals surface area contributed by atoms with Crippen molar-refractivity contribution < 1.29 is 14.3 Å². The van der Waals surface area contributed by atoms with Gasteiger partial charge in [-0.25, -0.2) is 9.79 Å².